The van der Waals surface area contributed by atoms with Crippen molar-refractivity contribution in [3.63, 3.8) is 0 Å². The van der Waals surface area contributed by atoms with E-state index in [1.165, 1.54) is 0 Å². The van der Waals surface area contributed by atoms with Gasteiger partial charge in [-0.2, -0.15) is 4.98 Å². The monoisotopic (exact) mass is 204 g/mol. The molecule has 1 aromatic heterocycles. The van der Waals surface area contributed by atoms with Crippen molar-refractivity contribution in [1.29, 1.82) is 0 Å². The Kier molecular flexibility index (Phi) is 2.21. The van der Waals surface area contributed by atoms with Gasteiger partial charge in [-0.05, 0) is 6.92 Å². The molecule has 0 unspecified atom stereocenters. The van der Waals surface area contributed by atoms with E-state index in [0.29, 0.717) is 0 Å². The highest BCUT2D eigenvalue weighted by Crippen LogP contribution is 2.15. The van der Waals surface area contributed by atoms with Crippen LogP contribution in [0.3, 0.4) is 0 Å². The molecule has 0 aliphatic heterocycles. The van der Waals surface area contributed by atoms with Crippen molar-refractivity contribution in [3.05, 3.63) is 35.7 Å². The molecule has 0 aliphatic rings. The van der Waals surface area contributed by atoms with Crippen molar-refractivity contribution in [2.45, 2.75) is 6.92 Å². The van der Waals surface area contributed by atoms with Gasteiger partial charge in [0.2, 0.25) is 5.82 Å². The molecule has 1 heterocycles. The first-order chi connectivity index (χ1) is 7.16. The Morgan fingerprint density at radius 3 is 2.53 bits per heavy atom. The molecule has 0 amide bonds. The van der Waals surface area contributed by atoms with Crippen molar-refractivity contribution < 1.29 is 14.4 Å². The van der Waals surface area contributed by atoms with Crippen LogP contribution in [0.25, 0.3) is 11.4 Å². The Balaban J connectivity index is 2.37. The van der Waals surface area contributed by atoms with Gasteiger partial charge in [0.15, 0.2) is 0 Å². The van der Waals surface area contributed by atoms with Crippen LogP contribution in [-0.2, 0) is 0 Å². The summed E-state index contributed by atoms with van der Waals surface area (Å²) in [4.78, 5) is 14.2. The molecule has 0 aliphatic carbocycles. The molecule has 0 fully saturated rings. The van der Waals surface area contributed by atoms with E-state index in [2.05, 4.69) is 14.7 Å². The van der Waals surface area contributed by atoms with Crippen LogP contribution in [0.1, 0.15) is 16.2 Å². The van der Waals surface area contributed by atoms with Crippen molar-refractivity contribution in [3.8, 4) is 11.4 Å². The van der Waals surface area contributed by atoms with Crippen LogP contribution in [0.5, 0.6) is 0 Å². The highest BCUT2D eigenvalue weighted by Gasteiger charge is 2.13. The third-order valence-electron chi connectivity index (χ3n) is 1.92. The lowest BCUT2D eigenvalue weighted by Crippen LogP contribution is -1.95. The maximum atomic E-state index is 10.5. The summed E-state index contributed by atoms with van der Waals surface area (Å²) in [5.74, 6) is -1.33. The summed E-state index contributed by atoms with van der Waals surface area (Å²) in [6.07, 6.45) is 0. The number of hydrogen-bond acceptors (Lipinski definition) is 4. The number of benzene rings is 1. The van der Waals surface area contributed by atoms with Gasteiger partial charge in [-0.3, -0.25) is 0 Å². The second-order valence-electron chi connectivity index (χ2n) is 3.09. The van der Waals surface area contributed by atoms with Crippen LogP contribution in [0, 0.1) is 6.92 Å². The van der Waals surface area contributed by atoms with Crippen molar-refractivity contribution in [2.75, 3.05) is 0 Å². The Morgan fingerprint density at radius 2 is 2.00 bits per heavy atom. The fourth-order valence-corrected chi connectivity index (χ4v) is 1.13. The third kappa shape index (κ3) is 1.85. The Bertz CT molecular complexity index is 488. The van der Waals surface area contributed by atoms with Gasteiger partial charge in [0, 0.05) is 5.56 Å². The number of aromatic nitrogens is 2. The molecule has 0 spiro atoms. The number of aryl methyl sites for hydroxylation is 1. The molecule has 15 heavy (non-hydrogen) atoms. The smallest absolute Gasteiger partial charge is 0.394 e. The minimum atomic E-state index is -1.22. The van der Waals surface area contributed by atoms with Gasteiger partial charge in [-0.25, -0.2) is 4.79 Å². The van der Waals surface area contributed by atoms with E-state index in [1.807, 2.05) is 31.2 Å². The summed E-state index contributed by atoms with van der Waals surface area (Å²) in [6, 6.07) is 7.41. The van der Waals surface area contributed by atoms with E-state index in [9.17, 15) is 4.79 Å². The molecule has 76 valence electrons. The van der Waals surface area contributed by atoms with Gasteiger partial charge in [0.1, 0.15) is 0 Å². The number of nitrogens with zero attached hydrogens (tertiary/aromatic N) is 2. The van der Waals surface area contributed by atoms with E-state index in [-0.39, 0.29) is 5.82 Å². The zero-order valence-corrected chi connectivity index (χ0v) is 7.97. The topological polar surface area (TPSA) is 76.2 Å². The van der Waals surface area contributed by atoms with Crippen molar-refractivity contribution >= 4 is 5.97 Å². The Labute approximate surface area is 85.4 Å². The maximum Gasteiger partial charge on any atom is 0.394 e. The molecule has 0 radical (unpaired) electrons. The molecular formula is C10H8N2O3. The van der Waals surface area contributed by atoms with Crippen molar-refractivity contribution in [1.82, 2.24) is 10.1 Å². The highest BCUT2D eigenvalue weighted by atomic mass is 16.5. The lowest BCUT2D eigenvalue weighted by molar-refractivity contribution is 0.0643. The number of carboxylic acids is 1. The molecule has 5 nitrogen and oxygen atoms in total. The molecular weight excluding hydrogens is 196 g/mol. The lowest BCUT2D eigenvalue weighted by Gasteiger charge is -1.93. The molecule has 0 saturated carbocycles. The molecule has 1 N–H and O–H groups in total. The summed E-state index contributed by atoms with van der Waals surface area (Å²) >= 11 is 0. The van der Waals surface area contributed by atoms with Gasteiger partial charge < -0.3 is 9.63 Å². The average Bonchev–Trinajstić information content (AvgIpc) is 2.68. The van der Waals surface area contributed by atoms with Crippen LogP contribution in [0.2, 0.25) is 0 Å². The minimum absolute atomic E-state index is 0.285. The lowest BCUT2D eigenvalue weighted by atomic mass is 10.1. The first kappa shape index (κ1) is 9.39. The second kappa shape index (κ2) is 3.53. The number of hydrogen-bond donors (Lipinski definition) is 1. The van der Waals surface area contributed by atoms with Gasteiger partial charge >= 0.3 is 11.9 Å². The quantitative estimate of drug-likeness (QED) is 0.806. The molecule has 0 atom stereocenters. The van der Waals surface area contributed by atoms with E-state index in [4.69, 9.17) is 5.11 Å². The third-order valence-corrected chi connectivity index (χ3v) is 1.92. The number of rotatable bonds is 2. The van der Waals surface area contributed by atoms with Crippen LogP contribution in [0.15, 0.2) is 28.8 Å². The predicted molar refractivity (Wildman–Crippen MR) is 51.4 cm³/mol. The van der Waals surface area contributed by atoms with E-state index < -0.39 is 11.9 Å². The summed E-state index contributed by atoms with van der Waals surface area (Å²) in [5, 5.41) is 12.2. The zero-order valence-electron chi connectivity index (χ0n) is 7.97. The number of carbonyl (C=O) groups is 1. The number of aromatic carboxylic acids is 1. The number of carboxylic acid groups (broad SMARTS) is 1. The molecule has 1 aromatic carbocycles. The van der Waals surface area contributed by atoms with Gasteiger partial charge in [0.05, 0.1) is 0 Å². The molecule has 2 aromatic rings. The highest BCUT2D eigenvalue weighted by molar-refractivity contribution is 5.82. The van der Waals surface area contributed by atoms with Crippen LogP contribution < -0.4 is 0 Å². The van der Waals surface area contributed by atoms with E-state index in [0.717, 1.165) is 11.1 Å². The van der Waals surface area contributed by atoms with E-state index in [1.54, 1.807) is 0 Å². The van der Waals surface area contributed by atoms with Crippen molar-refractivity contribution in [2.24, 2.45) is 0 Å². The largest absolute Gasteiger partial charge is 0.474 e. The maximum absolute atomic E-state index is 10.5. The molecule has 5 heteroatoms. The fraction of sp³-hybridized carbons (Fsp3) is 0.100. The van der Waals surface area contributed by atoms with Gasteiger partial charge in [0.25, 0.3) is 0 Å². The fourth-order valence-electron chi connectivity index (χ4n) is 1.13. The minimum Gasteiger partial charge on any atom is -0.474 e. The normalized spacial score (nSPS) is 10.2. The zero-order chi connectivity index (χ0) is 10.8. The first-order valence-electron chi connectivity index (χ1n) is 4.31. The molecule has 2 rings (SSSR count). The Morgan fingerprint density at radius 1 is 1.33 bits per heavy atom. The average molecular weight is 204 g/mol. The Hall–Kier alpha value is -2.17. The first-order valence-corrected chi connectivity index (χ1v) is 4.31. The summed E-state index contributed by atoms with van der Waals surface area (Å²) < 4.78 is 4.55. The van der Waals surface area contributed by atoms with Crippen LogP contribution in [0.4, 0.5) is 0 Å². The molecule has 0 saturated heterocycles. The standard InChI is InChI=1S/C10H8N2O3/c1-6-2-4-7(5-3-6)8-11-9(10(13)14)15-12-8/h2-5H,1H3,(H,13,14). The summed E-state index contributed by atoms with van der Waals surface area (Å²) in [7, 11) is 0. The van der Waals surface area contributed by atoms with Crippen LogP contribution in [-0.4, -0.2) is 21.2 Å². The second-order valence-corrected chi connectivity index (χ2v) is 3.09. The van der Waals surface area contributed by atoms with Crippen LogP contribution >= 0.6 is 0 Å². The predicted octanol–water partition coefficient (Wildman–Crippen LogP) is 1.74. The van der Waals surface area contributed by atoms with Gasteiger partial charge in [-0.1, -0.05) is 35.0 Å². The molecule has 0 bridgehead atoms. The van der Waals surface area contributed by atoms with E-state index >= 15 is 0 Å². The summed E-state index contributed by atoms with van der Waals surface area (Å²) in [5.41, 5.74) is 1.84. The van der Waals surface area contributed by atoms with Gasteiger partial charge in [-0.15, -0.1) is 0 Å². The SMILES string of the molecule is Cc1ccc(-c2noc(C(=O)O)n2)cc1. The summed E-state index contributed by atoms with van der Waals surface area (Å²) in [6.45, 7) is 1.96.